The minimum atomic E-state index is 0.174. The maximum atomic E-state index is 9.78. The molecular formula is C18H21NO3. The molecule has 2 rings (SSSR count). The van der Waals surface area contributed by atoms with Crippen LogP contribution in [-0.2, 0) is 0 Å². The van der Waals surface area contributed by atoms with Gasteiger partial charge >= 0.3 is 0 Å². The third-order valence-corrected chi connectivity index (χ3v) is 3.08. The van der Waals surface area contributed by atoms with Crippen molar-refractivity contribution in [3.05, 3.63) is 53.6 Å². The van der Waals surface area contributed by atoms with Crippen LogP contribution in [0.3, 0.4) is 0 Å². The largest absolute Gasteiger partial charge is 0.508 e. The first-order chi connectivity index (χ1) is 10.5. The molecule has 0 spiro atoms. The zero-order chi connectivity index (χ0) is 15.9. The number of aromatic hydroxyl groups is 2. The normalized spacial score (nSPS) is 11.2. The van der Waals surface area contributed by atoms with Gasteiger partial charge < -0.3 is 19.8 Å². The van der Waals surface area contributed by atoms with E-state index in [9.17, 15) is 10.2 Å². The van der Waals surface area contributed by atoms with Gasteiger partial charge in [0.15, 0.2) is 0 Å². The summed E-state index contributed by atoms with van der Waals surface area (Å²) in [6.07, 6.45) is 3.81. The standard InChI is InChI=1S/C18H21NO3/c1-19(2)9-10-22-18-12-15(11-17(21)13-18)4-3-14-5-7-16(20)8-6-14/h3-8,11-13,20-21H,9-10H2,1-2H3. The third-order valence-electron chi connectivity index (χ3n) is 3.08. The molecule has 0 unspecified atom stereocenters. The lowest BCUT2D eigenvalue weighted by molar-refractivity contribution is 0.260. The lowest BCUT2D eigenvalue weighted by atomic mass is 10.1. The molecule has 0 saturated heterocycles. The van der Waals surface area contributed by atoms with E-state index >= 15 is 0 Å². The molecule has 0 aliphatic rings. The van der Waals surface area contributed by atoms with Gasteiger partial charge in [-0.15, -0.1) is 0 Å². The van der Waals surface area contributed by atoms with E-state index in [1.807, 2.05) is 49.3 Å². The van der Waals surface area contributed by atoms with E-state index in [0.717, 1.165) is 17.7 Å². The number of phenolic OH excluding ortho intramolecular Hbond substituents is 2. The highest BCUT2D eigenvalue weighted by Gasteiger charge is 2.00. The van der Waals surface area contributed by atoms with Crippen LogP contribution in [0.2, 0.25) is 0 Å². The van der Waals surface area contributed by atoms with Gasteiger partial charge in [0.05, 0.1) is 0 Å². The molecule has 2 aromatic rings. The van der Waals surface area contributed by atoms with Crippen molar-refractivity contribution in [3.8, 4) is 17.2 Å². The fourth-order valence-corrected chi connectivity index (χ4v) is 1.91. The van der Waals surface area contributed by atoms with Crippen molar-refractivity contribution in [1.29, 1.82) is 0 Å². The van der Waals surface area contributed by atoms with Crippen LogP contribution in [0.25, 0.3) is 12.2 Å². The smallest absolute Gasteiger partial charge is 0.123 e. The number of hydrogen-bond donors (Lipinski definition) is 2. The zero-order valence-electron chi connectivity index (χ0n) is 12.9. The molecule has 0 bridgehead atoms. The first-order valence-electron chi connectivity index (χ1n) is 7.11. The van der Waals surface area contributed by atoms with Gasteiger partial charge in [-0.2, -0.15) is 0 Å². The lowest BCUT2D eigenvalue weighted by Crippen LogP contribution is -2.19. The van der Waals surface area contributed by atoms with Crippen molar-refractivity contribution in [2.45, 2.75) is 0 Å². The Morgan fingerprint density at radius 1 is 0.909 bits per heavy atom. The Bertz CT molecular complexity index is 633. The Labute approximate surface area is 130 Å². The summed E-state index contributed by atoms with van der Waals surface area (Å²) in [6, 6.07) is 12.1. The second-order valence-corrected chi connectivity index (χ2v) is 5.34. The van der Waals surface area contributed by atoms with E-state index in [4.69, 9.17) is 4.74 Å². The molecule has 0 fully saturated rings. The molecule has 22 heavy (non-hydrogen) atoms. The average molecular weight is 299 g/mol. The van der Waals surface area contributed by atoms with Crippen molar-refractivity contribution in [2.24, 2.45) is 0 Å². The van der Waals surface area contributed by atoms with Crippen LogP contribution >= 0.6 is 0 Å². The third kappa shape index (κ3) is 5.14. The maximum absolute atomic E-state index is 9.78. The van der Waals surface area contributed by atoms with Gasteiger partial charge in [0, 0.05) is 12.6 Å². The lowest BCUT2D eigenvalue weighted by Gasteiger charge is -2.11. The zero-order valence-corrected chi connectivity index (χ0v) is 12.9. The van der Waals surface area contributed by atoms with Crippen LogP contribution in [0.4, 0.5) is 0 Å². The number of nitrogens with zero attached hydrogens (tertiary/aromatic N) is 1. The molecule has 0 saturated carbocycles. The molecule has 0 atom stereocenters. The molecule has 2 aromatic carbocycles. The predicted octanol–water partition coefficient (Wildman–Crippen LogP) is 3.21. The number of phenols is 2. The predicted molar refractivity (Wildman–Crippen MR) is 89.2 cm³/mol. The SMILES string of the molecule is CN(C)CCOc1cc(O)cc(C=Cc2ccc(O)cc2)c1. The van der Waals surface area contributed by atoms with Gasteiger partial charge in [0.1, 0.15) is 23.9 Å². The van der Waals surface area contributed by atoms with Crippen molar-refractivity contribution >= 4 is 12.2 Å². The molecule has 4 heteroatoms. The summed E-state index contributed by atoms with van der Waals surface area (Å²) in [6.45, 7) is 1.38. The van der Waals surface area contributed by atoms with Gasteiger partial charge in [0.25, 0.3) is 0 Å². The van der Waals surface area contributed by atoms with Crippen molar-refractivity contribution in [3.63, 3.8) is 0 Å². The molecule has 0 aliphatic heterocycles. The Morgan fingerprint density at radius 2 is 1.59 bits per heavy atom. The average Bonchev–Trinajstić information content (AvgIpc) is 2.46. The summed E-state index contributed by atoms with van der Waals surface area (Å²) in [4.78, 5) is 2.04. The number of benzene rings is 2. The molecular weight excluding hydrogens is 278 g/mol. The number of ether oxygens (including phenoxy) is 1. The second kappa shape index (κ2) is 7.52. The van der Waals surface area contributed by atoms with Crippen LogP contribution in [0.1, 0.15) is 11.1 Å². The summed E-state index contributed by atoms with van der Waals surface area (Å²) in [5.41, 5.74) is 1.82. The van der Waals surface area contributed by atoms with Crippen LogP contribution in [0, 0.1) is 0 Å². The van der Waals surface area contributed by atoms with Crippen molar-refractivity contribution in [1.82, 2.24) is 4.90 Å². The molecule has 0 amide bonds. The van der Waals surface area contributed by atoms with Crippen LogP contribution in [0.5, 0.6) is 17.2 Å². The van der Waals surface area contributed by atoms with E-state index in [0.29, 0.717) is 12.4 Å². The number of rotatable bonds is 6. The van der Waals surface area contributed by atoms with E-state index in [1.165, 1.54) is 0 Å². The number of likely N-dealkylation sites (N-methyl/N-ethyl adjacent to an activating group) is 1. The summed E-state index contributed by atoms with van der Waals surface area (Å²) in [5.74, 6) is 1.06. The Kier molecular flexibility index (Phi) is 5.44. The molecule has 0 aliphatic carbocycles. The fraction of sp³-hybridized carbons (Fsp3) is 0.222. The quantitative estimate of drug-likeness (QED) is 0.804. The van der Waals surface area contributed by atoms with Gasteiger partial charge in [-0.25, -0.2) is 0 Å². The highest BCUT2D eigenvalue weighted by Crippen LogP contribution is 2.23. The topological polar surface area (TPSA) is 52.9 Å². The highest BCUT2D eigenvalue weighted by molar-refractivity contribution is 5.71. The van der Waals surface area contributed by atoms with E-state index in [1.54, 1.807) is 24.3 Å². The monoisotopic (exact) mass is 299 g/mol. The summed E-state index contributed by atoms with van der Waals surface area (Å²) < 4.78 is 5.64. The second-order valence-electron chi connectivity index (χ2n) is 5.34. The van der Waals surface area contributed by atoms with Crippen molar-refractivity contribution in [2.75, 3.05) is 27.2 Å². The number of hydrogen-bond acceptors (Lipinski definition) is 4. The molecule has 2 N–H and O–H groups in total. The maximum Gasteiger partial charge on any atom is 0.123 e. The highest BCUT2D eigenvalue weighted by atomic mass is 16.5. The molecule has 116 valence electrons. The first kappa shape index (κ1) is 15.9. The van der Waals surface area contributed by atoms with Crippen LogP contribution in [-0.4, -0.2) is 42.4 Å². The minimum Gasteiger partial charge on any atom is -0.508 e. The molecule has 0 aromatic heterocycles. The summed E-state index contributed by atoms with van der Waals surface area (Å²) >= 11 is 0. The molecule has 0 radical (unpaired) electrons. The molecule has 0 heterocycles. The Morgan fingerprint density at radius 3 is 2.27 bits per heavy atom. The minimum absolute atomic E-state index is 0.174. The summed E-state index contributed by atoms with van der Waals surface area (Å²) in [7, 11) is 3.97. The van der Waals surface area contributed by atoms with E-state index in [-0.39, 0.29) is 11.5 Å². The van der Waals surface area contributed by atoms with E-state index in [2.05, 4.69) is 0 Å². The Hall–Kier alpha value is -2.46. The van der Waals surface area contributed by atoms with Gasteiger partial charge in [-0.1, -0.05) is 24.3 Å². The van der Waals surface area contributed by atoms with Crippen molar-refractivity contribution < 1.29 is 14.9 Å². The van der Waals surface area contributed by atoms with Gasteiger partial charge in [-0.05, 0) is 49.5 Å². The van der Waals surface area contributed by atoms with Crippen LogP contribution < -0.4 is 4.74 Å². The van der Waals surface area contributed by atoms with E-state index < -0.39 is 0 Å². The first-order valence-corrected chi connectivity index (χ1v) is 7.11. The van der Waals surface area contributed by atoms with Crippen LogP contribution in [0.15, 0.2) is 42.5 Å². The Balaban J connectivity index is 2.07. The fourth-order valence-electron chi connectivity index (χ4n) is 1.91. The van der Waals surface area contributed by atoms with Gasteiger partial charge in [-0.3, -0.25) is 0 Å². The van der Waals surface area contributed by atoms with Gasteiger partial charge in [0.2, 0.25) is 0 Å². The molecule has 4 nitrogen and oxygen atoms in total. The summed E-state index contributed by atoms with van der Waals surface area (Å²) in [5, 5.41) is 19.0.